The van der Waals surface area contributed by atoms with Gasteiger partial charge in [0.1, 0.15) is 5.75 Å². The highest BCUT2D eigenvalue weighted by Gasteiger charge is 2.10. The number of hydrogen-bond donors (Lipinski definition) is 1. The van der Waals surface area contributed by atoms with E-state index < -0.39 is 0 Å². The van der Waals surface area contributed by atoms with Crippen molar-refractivity contribution in [3.05, 3.63) is 30.3 Å². The van der Waals surface area contributed by atoms with E-state index in [1.165, 1.54) is 0 Å². The predicted octanol–water partition coefficient (Wildman–Crippen LogP) is 1.29. The minimum Gasteiger partial charge on any atom is -0.484 e. The minimum atomic E-state index is -0.389. The zero-order chi connectivity index (χ0) is 12.7. The lowest BCUT2D eigenvalue weighted by Gasteiger charge is -2.18. The molecule has 0 heterocycles. The third-order valence-electron chi connectivity index (χ3n) is 2.41. The van der Waals surface area contributed by atoms with Crippen LogP contribution in [0.2, 0.25) is 0 Å². The first-order valence-corrected chi connectivity index (χ1v) is 5.69. The number of benzene rings is 1. The first-order valence-electron chi connectivity index (χ1n) is 5.69. The van der Waals surface area contributed by atoms with E-state index in [-0.39, 0.29) is 18.6 Å². The number of carbonyl (C=O) groups excluding carboxylic acids is 1. The first kappa shape index (κ1) is 13.5. The van der Waals surface area contributed by atoms with E-state index in [1.807, 2.05) is 30.3 Å². The van der Waals surface area contributed by atoms with Crippen molar-refractivity contribution in [2.45, 2.75) is 19.4 Å². The van der Waals surface area contributed by atoms with Crippen molar-refractivity contribution in [3.8, 4) is 5.75 Å². The predicted molar refractivity (Wildman–Crippen MR) is 65.9 cm³/mol. The number of aliphatic hydroxyl groups excluding tert-OH is 1. The summed E-state index contributed by atoms with van der Waals surface area (Å²) in [6.45, 7) is 2.27. The van der Waals surface area contributed by atoms with Crippen LogP contribution in [0, 0.1) is 0 Å². The van der Waals surface area contributed by atoms with Gasteiger partial charge < -0.3 is 14.7 Å². The van der Waals surface area contributed by atoms with Gasteiger partial charge >= 0.3 is 0 Å². The van der Waals surface area contributed by atoms with Gasteiger partial charge in [0.15, 0.2) is 6.61 Å². The van der Waals surface area contributed by atoms with Crippen molar-refractivity contribution < 1.29 is 14.6 Å². The zero-order valence-corrected chi connectivity index (χ0v) is 10.3. The molecule has 4 heteroatoms. The summed E-state index contributed by atoms with van der Waals surface area (Å²) in [7, 11) is 1.71. The van der Waals surface area contributed by atoms with E-state index in [0.29, 0.717) is 18.7 Å². The molecule has 1 aromatic rings. The molecule has 0 aromatic heterocycles. The molecule has 1 rings (SSSR count). The van der Waals surface area contributed by atoms with Crippen molar-refractivity contribution in [3.63, 3.8) is 0 Å². The summed E-state index contributed by atoms with van der Waals surface area (Å²) in [6.07, 6.45) is 0.188. The Hall–Kier alpha value is -1.55. The van der Waals surface area contributed by atoms with Crippen molar-refractivity contribution in [1.82, 2.24) is 4.90 Å². The Morgan fingerprint density at radius 2 is 2.06 bits per heavy atom. The highest BCUT2D eigenvalue weighted by atomic mass is 16.5. The topological polar surface area (TPSA) is 49.8 Å². The summed E-state index contributed by atoms with van der Waals surface area (Å²) < 4.78 is 5.34. The summed E-state index contributed by atoms with van der Waals surface area (Å²) in [5, 5.41) is 9.12. The molecule has 0 saturated carbocycles. The van der Waals surface area contributed by atoms with Gasteiger partial charge in [-0.2, -0.15) is 0 Å². The first-order chi connectivity index (χ1) is 8.09. The Morgan fingerprint density at radius 1 is 1.41 bits per heavy atom. The van der Waals surface area contributed by atoms with Crippen LogP contribution in [-0.4, -0.2) is 42.2 Å². The largest absolute Gasteiger partial charge is 0.484 e. The molecule has 1 N–H and O–H groups in total. The summed E-state index contributed by atoms with van der Waals surface area (Å²) in [6, 6.07) is 9.23. The molecular formula is C13H19NO3. The molecule has 0 aliphatic rings. The van der Waals surface area contributed by atoms with Crippen LogP contribution in [0.25, 0.3) is 0 Å². The molecule has 0 aliphatic carbocycles. The number of hydrogen-bond acceptors (Lipinski definition) is 3. The van der Waals surface area contributed by atoms with E-state index in [1.54, 1.807) is 18.9 Å². The van der Waals surface area contributed by atoms with Crippen LogP contribution in [0.5, 0.6) is 5.75 Å². The minimum absolute atomic E-state index is 0.0281. The Labute approximate surface area is 102 Å². The van der Waals surface area contributed by atoms with Gasteiger partial charge in [0.05, 0.1) is 6.10 Å². The average molecular weight is 237 g/mol. The fraction of sp³-hybridized carbons (Fsp3) is 0.462. The zero-order valence-electron chi connectivity index (χ0n) is 10.3. The van der Waals surface area contributed by atoms with Gasteiger partial charge in [0.2, 0.25) is 0 Å². The Balaban J connectivity index is 2.29. The fourth-order valence-corrected chi connectivity index (χ4v) is 1.28. The molecule has 4 nitrogen and oxygen atoms in total. The summed E-state index contributed by atoms with van der Waals surface area (Å²) in [4.78, 5) is 13.2. The van der Waals surface area contributed by atoms with Crippen LogP contribution in [0.1, 0.15) is 13.3 Å². The lowest BCUT2D eigenvalue weighted by Crippen LogP contribution is -2.33. The number of nitrogens with zero attached hydrogens (tertiary/aromatic N) is 1. The quantitative estimate of drug-likeness (QED) is 0.811. The van der Waals surface area contributed by atoms with Crippen LogP contribution in [-0.2, 0) is 4.79 Å². The SMILES string of the molecule is CC(O)CCN(C)C(=O)COc1ccccc1. The molecular weight excluding hydrogens is 218 g/mol. The molecule has 94 valence electrons. The number of ether oxygens (including phenoxy) is 1. The molecule has 0 spiro atoms. The molecule has 0 fully saturated rings. The Kier molecular flexibility index (Phi) is 5.49. The van der Waals surface area contributed by atoms with Gasteiger partial charge in [-0.05, 0) is 25.5 Å². The molecule has 0 radical (unpaired) electrons. The second-order valence-electron chi connectivity index (χ2n) is 4.05. The van der Waals surface area contributed by atoms with Crippen molar-refractivity contribution in [2.75, 3.05) is 20.2 Å². The molecule has 0 bridgehead atoms. The number of rotatable bonds is 6. The van der Waals surface area contributed by atoms with Gasteiger partial charge in [-0.15, -0.1) is 0 Å². The lowest BCUT2D eigenvalue weighted by molar-refractivity contribution is -0.132. The van der Waals surface area contributed by atoms with Crippen LogP contribution >= 0.6 is 0 Å². The van der Waals surface area contributed by atoms with Crippen LogP contribution in [0.4, 0.5) is 0 Å². The highest BCUT2D eigenvalue weighted by Crippen LogP contribution is 2.08. The summed E-state index contributed by atoms with van der Waals surface area (Å²) in [5.41, 5.74) is 0. The normalized spacial score (nSPS) is 11.9. The second kappa shape index (κ2) is 6.91. The van der Waals surface area contributed by atoms with Gasteiger partial charge in [-0.3, -0.25) is 4.79 Å². The van der Waals surface area contributed by atoms with E-state index in [2.05, 4.69) is 0 Å². The summed E-state index contributed by atoms with van der Waals surface area (Å²) >= 11 is 0. The monoisotopic (exact) mass is 237 g/mol. The highest BCUT2D eigenvalue weighted by molar-refractivity contribution is 5.77. The van der Waals surface area contributed by atoms with Crippen LogP contribution < -0.4 is 4.74 Å². The molecule has 17 heavy (non-hydrogen) atoms. The van der Waals surface area contributed by atoms with Crippen LogP contribution in [0.3, 0.4) is 0 Å². The maximum atomic E-state index is 11.6. The Morgan fingerprint density at radius 3 is 2.65 bits per heavy atom. The maximum Gasteiger partial charge on any atom is 0.260 e. The number of likely N-dealkylation sites (N-methyl/N-ethyl adjacent to an activating group) is 1. The van der Waals surface area contributed by atoms with E-state index in [4.69, 9.17) is 9.84 Å². The van der Waals surface area contributed by atoms with E-state index >= 15 is 0 Å². The molecule has 1 atom stereocenters. The fourth-order valence-electron chi connectivity index (χ4n) is 1.28. The average Bonchev–Trinajstić information content (AvgIpc) is 2.34. The Bertz CT molecular complexity index is 338. The van der Waals surface area contributed by atoms with Gasteiger partial charge in [-0.25, -0.2) is 0 Å². The maximum absolute atomic E-state index is 11.6. The molecule has 0 aliphatic heterocycles. The number of para-hydroxylation sites is 1. The van der Waals surface area contributed by atoms with Gasteiger partial charge in [0, 0.05) is 13.6 Å². The number of amides is 1. The van der Waals surface area contributed by atoms with Crippen molar-refractivity contribution in [2.24, 2.45) is 0 Å². The van der Waals surface area contributed by atoms with E-state index in [0.717, 1.165) is 0 Å². The van der Waals surface area contributed by atoms with Gasteiger partial charge in [0.25, 0.3) is 5.91 Å². The molecule has 0 saturated heterocycles. The number of carbonyl (C=O) groups is 1. The van der Waals surface area contributed by atoms with Crippen molar-refractivity contribution in [1.29, 1.82) is 0 Å². The third-order valence-corrected chi connectivity index (χ3v) is 2.41. The second-order valence-corrected chi connectivity index (χ2v) is 4.05. The lowest BCUT2D eigenvalue weighted by atomic mass is 10.3. The van der Waals surface area contributed by atoms with Crippen molar-refractivity contribution >= 4 is 5.91 Å². The molecule has 1 aromatic carbocycles. The third kappa shape index (κ3) is 5.36. The smallest absolute Gasteiger partial charge is 0.260 e. The van der Waals surface area contributed by atoms with Gasteiger partial charge in [-0.1, -0.05) is 18.2 Å². The number of aliphatic hydroxyl groups is 1. The standard InChI is InChI=1S/C13H19NO3/c1-11(15)8-9-14(2)13(16)10-17-12-6-4-3-5-7-12/h3-7,11,15H,8-10H2,1-2H3. The molecule has 1 amide bonds. The molecule has 1 unspecified atom stereocenters. The summed E-state index contributed by atoms with van der Waals surface area (Å²) in [5.74, 6) is 0.597. The van der Waals surface area contributed by atoms with Crippen LogP contribution in [0.15, 0.2) is 30.3 Å². The van der Waals surface area contributed by atoms with E-state index in [9.17, 15) is 4.79 Å².